The number of nitrogens with zero attached hydrogens (tertiary/aromatic N) is 4. The van der Waals surface area contributed by atoms with Gasteiger partial charge < -0.3 is 4.90 Å². The first-order valence-corrected chi connectivity index (χ1v) is 6.58. The molecule has 0 saturated carbocycles. The van der Waals surface area contributed by atoms with E-state index in [1.54, 1.807) is 6.33 Å². The predicted molar refractivity (Wildman–Crippen MR) is 68.7 cm³/mol. The summed E-state index contributed by atoms with van der Waals surface area (Å²) in [5.74, 6) is 0. The van der Waals surface area contributed by atoms with Crippen LogP contribution in [0.2, 0.25) is 0 Å². The molecule has 0 N–H and O–H groups in total. The molecule has 1 aliphatic rings. The first-order valence-electron chi connectivity index (χ1n) is 6.58. The highest BCUT2D eigenvalue weighted by molar-refractivity contribution is 4.97. The van der Waals surface area contributed by atoms with Gasteiger partial charge in [-0.2, -0.15) is 0 Å². The Labute approximate surface area is 104 Å². The van der Waals surface area contributed by atoms with E-state index < -0.39 is 0 Å². The van der Waals surface area contributed by atoms with Crippen molar-refractivity contribution in [1.29, 1.82) is 0 Å². The van der Waals surface area contributed by atoms with Crippen molar-refractivity contribution in [2.24, 2.45) is 0 Å². The minimum Gasteiger partial charge on any atom is -0.301 e. The first-order chi connectivity index (χ1) is 8.38. The normalized spacial score (nSPS) is 18.4. The van der Waals surface area contributed by atoms with Crippen molar-refractivity contribution in [3.63, 3.8) is 0 Å². The molecule has 0 spiro atoms. The van der Waals surface area contributed by atoms with Gasteiger partial charge in [0, 0.05) is 38.9 Å². The Kier molecular flexibility index (Phi) is 4.88. The van der Waals surface area contributed by atoms with Crippen LogP contribution in [0.3, 0.4) is 0 Å². The van der Waals surface area contributed by atoms with Crippen molar-refractivity contribution < 1.29 is 0 Å². The Morgan fingerprint density at radius 3 is 2.59 bits per heavy atom. The van der Waals surface area contributed by atoms with Gasteiger partial charge in [0.1, 0.15) is 6.33 Å². The number of hydrogen-bond acceptors (Lipinski definition) is 4. The molecular formula is C13H22N4. The Morgan fingerprint density at radius 1 is 1.18 bits per heavy atom. The standard InChI is InChI=1S/C13H22N4/c1-2-3-6-16-7-9-17(10-8-16)11-13-4-5-14-12-15-13/h4-5,12H,2-3,6-11H2,1H3. The van der Waals surface area contributed by atoms with Gasteiger partial charge in [-0.15, -0.1) is 0 Å². The Bertz CT molecular complexity index is 306. The third-order valence-corrected chi connectivity index (χ3v) is 3.32. The quantitative estimate of drug-likeness (QED) is 0.771. The van der Waals surface area contributed by atoms with Gasteiger partial charge >= 0.3 is 0 Å². The van der Waals surface area contributed by atoms with Gasteiger partial charge in [0.2, 0.25) is 0 Å². The smallest absolute Gasteiger partial charge is 0.115 e. The van der Waals surface area contributed by atoms with Crippen LogP contribution in [-0.4, -0.2) is 52.5 Å². The Hall–Kier alpha value is -1.00. The molecule has 0 radical (unpaired) electrons. The van der Waals surface area contributed by atoms with Gasteiger partial charge in [-0.25, -0.2) is 9.97 Å². The molecule has 0 bridgehead atoms. The van der Waals surface area contributed by atoms with Gasteiger partial charge in [0.25, 0.3) is 0 Å². The number of unbranched alkanes of at least 4 members (excludes halogenated alkanes) is 1. The fourth-order valence-electron chi connectivity index (χ4n) is 2.19. The first kappa shape index (κ1) is 12.5. The molecule has 0 unspecified atom stereocenters. The second-order valence-corrected chi connectivity index (χ2v) is 4.67. The maximum absolute atomic E-state index is 4.28. The molecule has 0 aromatic carbocycles. The fraction of sp³-hybridized carbons (Fsp3) is 0.692. The summed E-state index contributed by atoms with van der Waals surface area (Å²) in [5, 5.41) is 0. The maximum Gasteiger partial charge on any atom is 0.115 e. The molecular weight excluding hydrogens is 212 g/mol. The molecule has 1 aromatic heterocycles. The lowest BCUT2D eigenvalue weighted by Gasteiger charge is -2.34. The SMILES string of the molecule is CCCCN1CCN(Cc2ccncn2)CC1. The molecule has 0 aliphatic carbocycles. The second kappa shape index (κ2) is 6.67. The van der Waals surface area contributed by atoms with E-state index in [0.717, 1.165) is 25.3 Å². The van der Waals surface area contributed by atoms with Crippen LogP contribution in [0.1, 0.15) is 25.5 Å². The summed E-state index contributed by atoms with van der Waals surface area (Å²) in [7, 11) is 0. The van der Waals surface area contributed by atoms with Gasteiger partial charge in [-0.05, 0) is 19.0 Å². The zero-order valence-electron chi connectivity index (χ0n) is 10.7. The van der Waals surface area contributed by atoms with E-state index in [2.05, 4.69) is 26.7 Å². The molecule has 1 saturated heterocycles. The summed E-state index contributed by atoms with van der Waals surface area (Å²) in [6.07, 6.45) is 6.07. The van der Waals surface area contributed by atoms with Gasteiger partial charge in [-0.1, -0.05) is 13.3 Å². The monoisotopic (exact) mass is 234 g/mol. The average molecular weight is 234 g/mol. The summed E-state index contributed by atoms with van der Waals surface area (Å²) in [5.41, 5.74) is 1.13. The van der Waals surface area contributed by atoms with Crippen LogP contribution in [0.5, 0.6) is 0 Å². The summed E-state index contributed by atoms with van der Waals surface area (Å²) in [4.78, 5) is 13.3. The molecule has 0 atom stereocenters. The molecule has 1 fully saturated rings. The van der Waals surface area contributed by atoms with Crippen LogP contribution in [0.4, 0.5) is 0 Å². The molecule has 94 valence electrons. The van der Waals surface area contributed by atoms with E-state index in [-0.39, 0.29) is 0 Å². The van der Waals surface area contributed by atoms with E-state index in [1.807, 2.05) is 12.3 Å². The Balaban J connectivity index is 1.72. The van der Waals surface area contributed by atoms with Gasteiger partial charge in [-0.3, -0.25) is 4.90 Å². The lowest BCUT2D eigenvalue weighted by Crippen LogP contribution is -2.46. The molecule has 2 heterocycles. The maximum atomic E-state index is 4.28. The number of rotatable bonds is 5. The van der Waals surface area contributed by atoms with E-state index in [4.69, 9.17) is 0 Å². The topological polar surface area (TPSA) is 32.3 Å². The van der Waals surface area contributed by atoms with E-state index in [0.29, 0.717) is 0 Å². The van der Waals surface area contributed by atoms with E-state index in [1.165, 1.54) is 32.5 Å². The minimum absolute atomic E-state index is 0.962. The highest BCUT2D eigenvalue weighted by Gasteiger charge is 2.16. The van der Waals surface area contributed by atoms with Crippen molar-refractivity contribution in [1.82, 2.24) is 19.8 Å². The third kappa shape index (κ3) is 4.06. The average Bonchev–Trinajstić information content (AvgIpc) is 2.39. The third-order valence-electron chi connectivity index (χ3n) is 3.32. The van der Waals surface area contributed by atoms with Crippen LogP contribution in [0, 0.1) is 0 Å². The summed E-state index contributed by atoms with van der Waals surface area (Å²) in [6, 6.07) is 2.00. The van der Waals surface area contributed by atoms with Crippen LogP contribution >= 0.6 is 0 Å². The van der Waals surface area contributed by atoms with Crippen LogP contribution in [0.25, 0.3) is 0 Å². The number of aromatic nitrogens is 2. The number of piperazine rings is 1. The van der Waals surface area contributed by atoms with Crippen LogP contribution < -0.4 is 0 Å². The highest BCUT2D eigenvalue weighted by atomic mass is 15.3. The summed E-state index contributed by atoms with van der Waals surface area (Å²) in [6.45, 7) is 9.20. The summed E-state index contributed by atoms with van der Waals surface area (Å²) < 4.78 is 0. The minimum atomic E-state index is 0.962. The predicted octanol–water partition coefficient (Wildman–Crippen LogP) is 1.39. The van der Waals surface area contributed by atoms with Gasteiger partial charge in [0.05, 0.1) is 5.69 Å². The molecule has 1 aromatic rings. The van der Waals surface area contributed by atoms with Crippen LogP contribution in [-0.2, 0) is 6.54 Å². The fourth-order valence-corrected chi connectivity index (χ4v) is 2.19. The van der Waals surface area contributed by atoms with Gasteiger partial charge in [0.15, 0.2) is 0 Å². The van der Waals surface area contributed by atoms with Crippen molar-refractivity contribution in [3.8, 4) is 0 Å². The molecule has 2 rings (SSSR count). The van der Waals surface area contributed by atoms with Crippen molar-refractivity contribution in [2.45, 2.75) is 26.3 Å². The largest absolute Gasteiger partial charge is 0.301 e. The van der Waals surface area contributed by atoms with Crippen LogP contribution in [0.15, 0.2) is 18.6 Å². The highest BCUT2D eigenvalue weighted by Crippen LogP contribution is 2.06. The molecule has 1 aliphatic heterocycles. The lowest BCUT2D eigenvalue weighted by atomic mass is 10.2. The second-order valence-electron chi connectivity index (χ2n) is 4.67. The van der Waals surface area contributed by atoms with Crippen molar-refractivity contribution in [2.75, 3.05) is 32.7 Å². The number of hydrogen-bond donors (Lipinski definition) is 0. The van der Waals surface area contributed by atoms with E-state index >= 15 is 0 Å². The molecule has 0 amide bonds. The lowest BCUT2D eigenvalue weighted by molar-refractivity contribution is 0.125. The molecule has 17 heavy (non-hydrogen) atoms. The molecule has 4 heteroatoms. The summed E-state index contributed by atoms with van der Waals surface area (Å²) >= 11 is 0. The van der Waals surface area contributed by atoms with E-state index in [9.17, 15) is 0 Å². The Morgan fingerprint density at radius 2 is 1.94 bits per heavy atom. The zero-order valence-corrected chi connectivity index (χ0v) is 10.7. The van der Waals surface area contributed by atoms with Crippen molar-refractivity contribution in [3.05, 3.63) is 24.3 Å². The molecule has 4 nitrogen and oxygen atoms in total. The van der Waals surface area contributed by atoms with Crippen molar-refractivity contribution >= 4 is 0 Å². The zero-order chi connectivity index (χ0) is 11.9.